The first-order chi connectivity index (χ1) is 28.5. The fourth-order valence-electron chi connectivity index (χ4n) is 9.40. The maximum Gasteiger partial charge on any atom is 0.0543 e. The lowest BCUT2D eigenvalue weighted by Crippen LogP contribution is -2.15. The molecule has 1 atom stereocenters. The smallest absolute Gasteiger partial charge is 0.0543 e. The van der Waals surface area contributed by atoms with Crippen molar-refractivity contribution in [3.63, 3.8) is 0 Å². The van der Waals surface area contributed by atoms with Gasteiger partial charge in [0.2, 0.25) is 0 Å². The summed E-state index contributed by atoms with van der Waals surface area (Å²) in [5.41, 5.74) is 19.1. The van der Waals surface area contributed by atoms with Crippen LogP contribution in [0, 0.1) is 0 Å². The average Bonchev–Trinajstić information content (AvgIpc) is 3.92. The molecule has 2 nitrogen and oxygen atoms in total. The van der Waals surface area contributed by atoms with E-state index in [1.807, 2.05) is 11.8 Å². The highest BCUT2D eigenvalue weighted by Gasteiger charge is 2.36. The summed E-state index contributed by atoms with van der Waals surface area (Å²) in [6, 6.07) is 73.5. The minimum absolute atomic E-state index is 0.0468. The van der Waals surface area contributed by atoms with Crippen molar-refractivity contribution in [3.8, 4) is 39.1 Å². The molecule has 1 aliphatic carbocycles. The Labute approximate surface area is 345 Å². The second-order valence-electron chi connectivity index (χ2n) is 16.1. The van der Waals surface area contributed by atoms with Crippen LogP contribution in [-0.2, 0) is 11.8 Å². The van der Waals surface area contributed by atoms with Crippen LogP contribution < -0.4 is 4.90 Å². The van der Waals surface area contributed by atoms with E-state index in [2.05, 4.69) is 224 Å². The maximum atomic E-state index is 2.55. The number of fused-ring (bicyclic) bond motifs is 6. The third-order valence-electron chi connectivity index (χ3n) is 12.4. The van der Waals surface area contributed by atoms with Crippen molar-refractivity contribution in [2.75, 3.05) is 4.90 Å². The van der Waals surface area contributed by atoms with Gasteiger partial charge in [-0.2, -0.15) is 0 Å². The Bertz CT molecular complexity index is 2860. The van der Waals surface area contributed by atoms with Crippen molar-refractivity contribution in [2.45, 2.75) is 35.8 Å². The van der Waals surface area contributed by atoms with E-state index in [1.54, 1.807) is 0 Å². The second-order valence-corrected chi connectivity index (χ2v) is 17.3. The molecular weight excluding hydrogens is 721 g/mol. The summed E-state index contributed by atoms with van der Waals surface area (Å²) < 4.78 is 2.55. The zero-order valence-electron chi connectivity index (χ0n) is 32.6. The van der Waals surface area contributed by atoms with E-state index in [-0.39, 0.29) is 5.41 Å². The van der Waals surface area contributed by atoms with Gasteiger partial charge in [0.05, 0.1) is 5.52 Å². The lowest BCUT2D eigenvalue weighted by Gasteiger charge is -2.26. The number of aromatic nitrogens is 1. The van der Waals surface area contributed by atoms with Crippen molar-refractivity contribution in [2.24, 2.45) is 0 Å². The molecule has 0 saturated heterocycles. The molecule has 0 radical (unpaired) electrons. The van der Waals surface area contributed by atoms with E-state index in [4.69, 9.17) is 0 Å². The summed E-state index contributed by atoms with van der Waals surface area (Å²) in [4.78, 5) is 3.78. The van der Waals surface area contributed by atoms with Gasteiger partial charge >= 0.3 is 0 Å². The van der Waals surface area contributed by atoms with Crippen LogP contribution in [0.3, 0.4) is 0 Å². The minimum Gasteiger partial charge on any atom is -0.312 e. The Hall–Kier alpha value is -6.55. The fraction of sp³-hybridized carbons (Fsp3) is 0.0909. The number of rotatable bonds is 7. The third-order valence-corrected chi connectivity index (χ3v) is 13.8. The van der Waals surface area contributed by atoms with Crippen molar-refractivity contribution < 1.29 is 0 Å². The molecule has 0 spiro atoms. The van der Waals surface area contributed by atoms with Gasteiger partial charge in [-0.25, -0.2) is 0 Å². The molecule has 9 aromatic rings. The van der Waals surface area contributed by atoms with Crippen LogP contribution in [0.25, 0.3) is 50.0 Å². The first-order valence-corrected chi connectivity index (χ1v) is 21.1. The molecule has 0 N–H and O–H groups in total. The molecular formula is C55H42N2S. The molecule has 1 unspecified atom stereocenters. The van der Waals surface area contributed by atoms with Crippen LogP contribution >= 0.6 is 11.8 Å². The number of nitrogens with zero attached hydrogens (tertiary/aromatic N) is 2. The van der Waals surface area contributed by atoms with Gasteiger partial charge in [-0.15, -0.1) is 11.8 Å². The van der Waals surface area contributed by atoms with Crippen LogP contribution in [0.4, 0.5) is 17.1 Å². The molecule has 3 heteroatoms. The van der Waals surface area contributed by atoms with Gasteiger partial charge in [0, 0.05) is 55.8 Å². The number of thioether (sulfide) groups is 1. The summed E-state index contributed by atoms with van der Waals surface area (Å²) >= 11 is 2.02. The Balaban J connectivity index is 0.933. The standard InChI is InChI=1S/C55H42N2S/c1-55(2)49-19-11-9-17-46(49)47-34-33-45(35-50(47)55)57-51-20-12-10-18-48(51)54-52(57)36-53(58-54)41-25-31-44(32-26-41)56(42-27-21-39(22-28-42)37-13-5-3-6-14-37)43-29-23-40(24-30-43)38-15-7-4-8-16-38/h3-35,53H,36H2,1-2H3. The summed E-state index contributed by atoms with van der Waals surface area (Å²) in [6.45, 7) is 4.74. The van der Waals surface area contributed by atoms with E-state index in [0.717, 1.165) is 23.5 Å². The topological polar surface area (TPSA) is 8.17 Å². The Morgan fingerprint density at radius 1 is 0.500 bits per heavy atom. The molecule has 2 heterocycles. The SMILES string of the molecule is CC1(C)c2ccccc2-c2ccc(-n3c4c(c5ccccc53)SC(c3ccc(N(c5ccc(-c6ccccc6)cc5)c5ccc(-c6ccccc6)cc5)cc3)C4)cc21. The van der Waals surface area contributed by atoms with Gasteiger partial charge in [0.1, 0.15) is 0 Å². The number of hydrogen-bond acceptors (Lipinski definition) is 2. The van der Waals surface area contributed by atoms with Crippen LogP contribution in [0.1, 0.15) is 41.5 Å². The summed E-state index contributed by atoms with van der Waals surface area (Å²) in [6.07, 6.45) is 0.973. The highest BCUT2D eigenvalue weighted by molar-refractivity contribution is 8.00. The van der Waals surface area contributed by atoms with Gasteiger partial charge < -0.3 is 9.47 Å². The first kappa shape index (κ1) is 34.7. The molecule has 2 aliphatic rings. The van der Waals surface area contributed by atoms with E-state index in [1.165, 1.54) is 77.3 Å². The van der Waals surface area contributed by atoms with Crippen molar-refractivity contribution in [1.29, 1.82) is 0 Å². The molecule has 0 amide bonds. The van der Waals surface area contributed by atoms with Gasteiger partial charge in [0.25, 0.3) is 0 Å². The number of benzene rings is 8. The molecule has 1 aliphatic heterocycles. The zero-order valence-corrected chi connectivity index (χ0v) is 33.5. The summed E-state index contributed by atoms with van der Waals surface area (Å²) in [7, 11) is 0. The molecule has 1 aromatic heterocycles. The van der Waals surface area contributed by atoms with Crippen molar-refractivity contribution in [3.05, 3.63) is 223 Å². The minimum atomic E-state index is -0.0468. The maximum absolute atomic E-state index is 2.55. The van der Waals surface area contributed by atoms with Gasteiger partial charge in [0.15, 0.2) is 0 Å². The van der Waals surface area contributed by atoms with Crippen LogP contribution in [-0.4, -0.2) is 4.57 Å². The highest BCUT2D eigenvalue weighted by atomic mass is 32.2. The lowest BCUT2D eigenvalue weighted by atomic mass is 9.82. The zero-order chi connectivity index (χ0) is 38.8. The van der Waals surface area contributed by atoms with Gasteiger partial charge in [-0.3, -0.25) is 0 Å². The largest absolute Gasteiger partial charge is 0.312 e. The third kappa shape index (κ3) is 5.72. The second kappa shape index (κ2) is 13.8. The van der Waals surface area contributed by atoms with Crippen LogP contribution in [0.15, 0.2) is 205 Å². The molecule has 58 heavy (non-hydrogen) atoms. The van der Waals surface area contributed by atoms with E-state index < -0.39 is 0 Å². The number of para-hydroxylation sites is 1. The highest BCUT2D eigenvalue weighted by Crippen LogP contribution is 2.53. The Kier molecular flexibility index (Phi) is 8.27. The summed E-state index contributed by atoms with van der Waals surface area (Å²) in [5, 5.41) is 1.67. The fourth-order valence-corrected chi connectivity index (χ4v) is 10.8. The van der Waals surface area contributed by atoms with E-state index in [0.29, 0.717) is 5.25 Å². The molecule has 278 valence electrons. The van der Waals surface area contributed by atoms with Crippen LogP contribution in [0.2, 0.25) is 0 Å². The molecule has 0 saturated carbocycles. The lowest BCUT2D eigenvalue weighted by molar-refractivity contribution is 0.659. The molecule has 0 bridgehead atoms. The quantitative estimate of drug-likeness (QED) is 0.160. The summed E-state index contributed by atoms with van der Waals surface area (Å²) in [5.74, 6) is 0. The predicted octanol–water partition coefficient (Wildman–Crippen LogP) is 15.1. The Morgan fingerprint density at radius 2 is 1.02 bits per heavy atom. The van der Waals surface area contributed by atoms with Crippen LogP contribution in [0.5, 0.6) is 0 Å². The van der Waals surface area contributed by atoms with Gasteiger partial charge in [-0.1, -0.05) is 159 Å². The van der Waals surface area contributed by atoms with Gasteiger partial charge in [-0.05, 0) is 105 Å². The van der Waals surface area contributed by atoms with E-state index in [9.17, 15) is 0 Å². The molecule has 0 fully saturated rings. The normalized spacial score (nSPS) is 14.9. The van der Waals surface area contributed by atoms with Crippen molar-refractivity contribution in [1.82, 2.24) is 4.57 Å². The number of hydrogen-bond donors (Lipinski definition) is 0. The average molecular weight is 763 g/mol. The monoisotopic (exact) mass is 762 g/mol. The molecule has 11 rings (SSSR count). The molecule has 8 aromatic carbocycles. The first-order valence-electron chi connectivity index (χ1n) is 20.3. The predicted molar refractivity (Wildman–Crippen MR) is 245 cm³/mol. The number of anilines is 3. The Morgan fingerprint density at radius 3 is 1.66 bits per heavy atom. The van der Waals surface area contributed by atoms with E-state index >= 15 is 0 Å². The van der Waals surface area contributed by atoms with Crippen molar-refractivity contribution >= 4 is 39.7 Å².